The summed E-state index contributed by atoms with van der Waals surface area (Å²) < 4.78 is 7.25. The molecule has 0 spiro atoms. The molecule has 0 radical (unpaired) electrons. The second-order valence-electron chi connectivity index (χ2n) is 6.46. The number of nitrogens with zero attached hydrogens (tertiary/aromatic N) is 4. The first-order valence-corrected chi connectivity index (χ1v) is 7.48. The Bertz CT molecular complexity index is 480. The molecular weight excluding hydrogens is 270 g/mol. The van der Waals surface area contributed by atoms with Gasteiger partial charge in [-0.1, -0.05) is 5.21 Å². The van der Waals surface area contributed by atoms with Gasteiger partial charge in [-0.3, -0.25) is 4.68 Å². The molecule has 0 aliphatic carbocycles. The zero-order chi connectivity index (χ0) is 15.5. The van der Waals surface area contributed by atoms with E-state index in [1.165, 1.54) is 0 Å². The fourth-order valence-corrected chi connectivity index (χ4v) is 2.49. The maximum atomic E-state index is 12.3. The number of likely N-dealkylation sites (tertiary alicyclic amines) is 1. The van der Waals surface area contributed by atoms with Crippen LogP contribution in [0.2, 0.25) is 0 Å². The normalized spacial score (nSPS) is 19.6. The van der Waals surface area contributed by atoms with Gasteiger partial charge in [-0.2, -0.15) is 0 Å². The molecule has 1 aliphatic heterocycles. The Hall–Kier alpha value is -1.63. The van der Waals surface area contributed by atoms with E-state index in [0.717, 1.165) is 31.5 Å². The van der Waals surface area contributed by atoms with Crippen molar-refractivity contribution in [3.05, 3.63) is 11.9 Å². The van der Waals surface area contributed by atoms with Crippen LogP contribution < -0.4 is 5.73 Å². The molecule has 1 amide bonds. The van der Waals surface area contributed by atoms with Gasteiger partial charge in [-0.25, -0.2) is 4.79 Å². The highest BCUT2D eigenvalue weighted by Gasteiger charge is 2.30. The molecule has 0 saturated carbocycles. The lowest BCUT2D eigenvalue weighted by Gasteiger charge is -2.36. The Balaban J connectivity index is 2.02. The van der Waals surface area contributed by atoms with Crippen molar-refractivity contribution in [2.24, 2.45) is 5.73 Å². The minimum absolute atomic E-state index is 0.0981. The summed E-state index contributed by atoms with van der Waals surface area (Å²) in [7, 11) is 0. The number of piperidine rings is 1. The largest absolute Gasteiger partial charge is 0.444 e. The Kier molecular flexibility index (Phi) is 4.82. The van der Waals surface area contributed by atoms with E-state index in [-0.39, 0.29) is 12.1 Å². The van der Waals surface area contributed by atoms with Crippen molar-refractivity contribution in [2.45, 2.75) is 64.8 Å². The van der Waals surface area contributed by atoms with Gasteiger partial charge in [0.1, 0.15) is 5.60 Å². The second kappa shape index (κ2) is 6.43. The van der Waals surface area contributed by atoms with Crippen molar-refractivity contribution in [3.63, 3.8) is 0 Å². The number of hydrogen-bond acceptors (Lipinski definition) is 5. The molecule has 2 heterocycles. The molecule has 1 atom stereocenters. The molecule has 7 heteroatoms. The SMILES string of the molecule is CC(C)(C)OC(=O)N1CCCC[C@@H]1Cn1cc(CN)nn1. The van der Waals surface area contributed by atoms with E-state index in [0.29, 0.717) is 13.1 Å². The van der Waals surface area contributed by atoms with Gasteiger partial charge in [0.15, 0.2) is 0 Å². The van der Waals surface area contributed by atoms with E-state index >= 15 is 0 Å². The molecule has 0 unspecified atom stereocenters. The van der Waals surface area contributed by atoms with E-state index in [2.05, 4.69) is 10.3 Å². The quantitative estimate of drug-likeness (QED) is 0.913. The molecule has 1 saturated heterocycles. The number of rotatable bonds is 3. The van der Waals surface area contributed by atoms with Crippen molar-refractivity contribution in [3.8, 4) is 0 Å². The summed E-state index contributed by atoms with van der Waals surface area (Å²) in [6.07, 6.45) is 4.68. The minimum atomic E-state index is -0.473. The number of carbonyl (C=O) groups is 1. The summed E-state index contributed by atoms with van der Waals surface area (Å²) in [4.78, 5) is 14.1. The molecule has 1 aromatic heterocycles. The summed E-state index contributed by atoms with van der Waals surface area (Å²) in [5, 5.41) is 8.04. The lowest BCUT2D eigenvalue weighted by atomic mass is 10.0. The smallest absolute Gasteiger partial charge is 0.410 e. The summed E-state index contributed by atoms with van der Waals surface area (Å²) >= 11 is 0. The van der Waals surface area contributed by atoms with Crippen LogP contribution in [0.25, 0.3) is 0 Å². The van der Waals surface area contributed by atoms with Crippen LogP contribution in [0.1, 0.15) is 45.7 Å². The second-order valence-corrected chi connectivity index (χ2v) is 6.46. The van der Waals surface area contributed by atoms with Crippen molar-refractivity contribution < 1.29 is 9.53 Å². The van der Waals surface area contributed by atoms with Crippen LogP contribution >= 0.6 is 0 Å². The predicted molar refractivity (Wildman–Crippen MR) is 78.5 cm³/mol. The molecular formula is C14H25N5O2. The van der Waals surface area contributed by atoms with Crippen molar-refractivity contribution >= 4 is 6.09 Å². The van der Waals surface area contributed by atoms with E-state index in [9.17, 15) is 4.79 Å². The van der Waals surface area contributed by atoms with Crippen LogP contribution in [0.4, 0.5) is 4.79 Å². The molecule has 2 N–H and O–H groups in total. The monoisotopic (exact) mass is 295 g/mol. The third kappa shape index (κ3) is 4.42. The zero-order valence-electron chi connectivity index (χ0n) is 13.1. The van der Waals surface area contributed by atoms with Gasteiger partial charge in [0.05, 0.1) is 18.3 Å². The fraction of sp³-hybridized carbons (Fsp3) is 0.786. The number of ether oxygens (including phenoxy) is 1. The summed E-state index contributed by atoms with van der Waals surface area (Å²) in [6, 6.07) is 0.0981. The number of nitrogens with two attached hydrogens (primary N) is 1. The third-order valence-corrected chi connectivity index (χ3v) is 3.45. The average molecular weight is 295 g/mol. The number of hydrogen-bond donors (Lipinski definition) is 1. The van der Waals surface area contributed by atoms with Crippen LogP contribution in [-0.2, 0) is 17.8 Å². The highest BCUT2D eigenvalue weighted by atomic mass is 16.6. The molecule has 0 bridgehead atoms. The summed E-state index contributed by atoms with van der Waals surface area (Å²) in [5.41, 5.74) is 5.83. The molecule has 1 aliphatic rings. The van der Waals surface area contributed by atoms with Crippen molar-refractivity contribution in [1.82, 2.24) is 19.9 Å². The van der Waals surface area contributed by atoms with Gasteiger partial charge in [0.2, 0.25) is 0 Å². The molecule has 118 valence electrons. The van der Waals surface area contributed by atoms with Gasteiger partial charge < -0.3 is 15.4 Å². The van der Waals surface area contributed by atoms with Gasteiger partial charge in [0.25, 0.3) is 0 Å². The van der Waals surface area contributed by atoms with Crippen LogP contribution in [0.3, 0.4) is 0 Å². The Labute approximate surface area is 125 Å². The topological polar surface area (TPSA) is 86.3 Å². The maximum Gasteiger partial charge on any atom is 0.410 e. The van der Waals surface area contributed by atoms with E-state index < -0.39 is 5.60 Å². The average Bonchev–Trinajstić information content (AvgIpc) is 2.85. The van der Waals surface area contributed by atoms with Gasteiger partial charge in [-0.15, -0.1) is 5.10 Å². The molecule has 21 heavy (non-hydrogen) atoms. The Morgan fingerprint density at radius 2 is 2.24 bits per heavy atom. The van der Waals surface area contributed by atoms with Crippen LogP contribution in [0.5, 0.6) is 0 Å². The van der Waals surface area contributed by atoms with Crippen molar-refractivity contribution in [2.75, 3.05) is 6.54 Å². The van der Waals surface area contributed by atoms with Crippen LogP contribution in [0, 0.1) is 0 Å². The first kappa shape index (κ1) is 15.8. The molecule has 1 fully saturated rings. The van der Waals surface area contributed by atoms with Crippen LogP contribution in [-0.4, -0.2) is 44.2 Å². The first-order chi connectivity index (χ1) is 9.89. The van der Waals surface area contributed by atoms with Gasteiger partial charge in [-0.05, 0) is 40.0 Å². The number of amides is 1. The number of aromatic nitrogens is 3. The van der Waals surface area contributed by atoms with E-state index in [4.69, 9.17) is 10.5 Å². The first-order valence-electron chi connectivity index (χ1n) is 7.48. The van der Waals surface area contributed by atoms with Crippen LogP contribution in [0.15, 0.2) is 6.20 Å². The molecule has 2 rings (SSSR count). The van der Waals surface area contributed by atoms with E-state index in [1.807, 2.05) is 31.9 Å². The lowest BCUT2D eigenvalue weighted by Crippen LogP contribution is -2.47. The summed E-state index contributed by atoms with van der Waals surface area (Å²) in [6.45, 7) is 7.39. The summed E-state index contributed by atoms with van der Waals surface area (Å²) in [5.74, 6) is 0. The van der Waals surface area contributed by atoms with Crippen molar-refractivity contribution in [1.29, 1.82) is 0 Å². The molecule has 0 aromatic carbocycles. The fourth-order valence-electron chi connectivity index (χ4n) is 2.49. The molecule has 7 nitrogen and oxygen atoms in total. The predicted octanol–water partition coefficient (Wildman–Crippen LogP) is 1.53. The highest BCUT2D eigenvalue weighted by Crippen LogP contribution is 2.21. The zero-order valence-corrected chi connectivity index (χ0v) is 13.1. The standard InChI is InChI=1S/C14H25N5O2/c1-14(2,3)21-13(20)19-7-5-4-6-12(19)10-18-9-11(8-15)16-17-18/h9,12H,4-8,10,15H2,1-3H3/t12-/m1/s1. The lowest BCUT2D eigenvalue weighted by molar-refractivity contribution is 0.00733. The third-order valence-electron chi connectivity index (χ3n) is 3.45. The van der Waals surface area contributed by atoms with E-state index in [1.54, 1.807) is 4.68 Å². The highest BCUT2D eigenvalue weighted by molar-refractivity contribution is 5.68. The Morgan fingerprint density at radius 3 is 2.86 bits per heavy atom. The maximum absolute atomic E-state index is 12.3. The number of carbonyl (C=O) groups excluding carboxylic acids is 1. The minimum Gasteiger partial charge on any atom is -0.444 e. The van der Waals surface area contributed by atoms with Gasteiger partial charge >= 0.3 is 6.09 Å². The Morgan fingerprint density at radius 1 is 1.48 bits per heavy atom. The molecule has 1 aromatic rings. The van der Waals surface area contributed by atoms with Gasteiger partial charge in [0, 0.05) is 19.3 Å².